The number of rotatable bonds is 4. The van der Waals surface area contributed by atoms with Crippen LogP contribution in [-0.2, 0) is 10.2 Å². The Morgan fingerprint density at radius 1 is 1.22 bits per heavy atom. The summed E-state index contributed by atoms with van der Waals surface area (Å²) in [5, 5.41) is 3.99. The van der Waals surface area contributed by atoms with Gasteiger partial charge in [0.1, 0.15) is 4.83 Å². The Labute approximate surface area is 166 Å². The van der Waals surface area contributed by atoms with Crippen LogP contribution in [0.3, 0.4) is 0 Å². The predicted octanol–water partition coefficient (Wildman–Crippen LogP) is 4.63. The van der Waals surface area contributed by atoms with Gasteiger partial charge in [-0.15, -0.1) is 11.3 Å². The van der Waals surface area contributed by atoms with Crippen molar-refractivity contribution >= 4 is 44.9 Å². The Morgan fingerprint density at radius 3 is 2.52 bits per heavy atom. The van der Waals surface area contributed by atoms with E-state index in [0.717, 1.165) is 21.0 Å². The van der Waals surface area contributed by atoms with Gasteiger partial charge in [-0.3, -0.25) is 9.59 Å². The van der Waals surface area contributed by atoms with E-state index in [1.807, 2.05) is 38.1 Å². The number of thioether (sulfide) groups is 1. The number of benzene rings is 1. The number of aromatic amines is 1. The zero-order valence-electron chi connectivity index (χ0n) is 16.1. The molecule has 0 saturated heterocycles. The van der Waals surface area contributed by atoms with Crippen molar-refractivity contribution in [2.24, 2.45) is 0 Å². The van der Waals surface area contributed by atoms with Crippen LogP contribution in [0.5, 0.6) is 0 Å². The number of carbonyl (C=O) groups excluding carboxylic acids is 1. The standard InChI is InChI=1S/C20H23N3O2S2/c1-11-12(2)27-18-16(11)17(25)22-19(23-18)26-10-15(24)21-14-8-6-13(7-9-14)20(3,4)5/h6-9H,10H2,1-5H3,(H,21,24)(H,22,23,25). The van der Waals surface area contributed by atoms with E-state index in [1.54, 1.807) is 0 Å². The number of hydrogen-bond donors (Lipinski definition) is 2. The van der Waals surface area contributed by atoms with Gasteiger partial charge in [-0.25, -0.2) is 4.98 Å². The molecular weight excluding hydrogens is 378 g/mol. The van der Waals surface area contributed by atoms with Crippen LogP contribution >= 0.6 is 23.1 Å². The van der Waals surface area contributed by atoms with E-state index in [2.05, 4.69) is 36.1 Å². The minimum absolute atomic E-state index is 0.0765. The average molecular weight is 402 g/mol. The second kappa shape index (κ2) is 7.48. The molecule has 0 atom stereocenters. The van der Waals surface area contributed by atoms with Crippen LogP contribution in [0.4, 0.5) is 5.69 Å². The number of carbonyl (C=O) groups is 1. The highest BCUT2D eigenvalue weighted by Crippen LogP contribution is 2.27. The Balaban J connectivity index is 1.65. The van der Waals surface area contributed by atoms with E-state index in [4.69, 9.17) is 0 Å². The molecule has 0 saturated carbocycles. The largest absolute Gasteiger partial charge is 0.325 e. The highest BCUT2D eigenvalue weighted by Gasteiger charge is 2.14. The summed E-state index contributed by atoms with van der Waals surface area (Å²) in [6.45, 7) is 10.4. The van der Waals surface area contributed by atoms with Gasteiger partial charge in [0, 0.05) is 10.6 Å². The molecular formula is C20H23N3O2S2. The maximum absolute atomic E-state index is 12.3. The molecule has 1 amide bonds. The predicted molar refractivity (Wildman–Crippen MR) is 114 cm³/mol. The van der Waals surface area contributed by atoms with Gasteiger partial charge in [0.25, 0.3) is 5.56 Å². The second-order valence-corrected chi connectivity index (χ2v) is 9.67. The van der Waals surface area contributed by atoms with E-state index in [9.17, 15) is 9.59 Å². The molecule has 0 aliphatic carbocycles. The fraction of sp³-hybridized carbons (Fsp3) is 0.350. The molecule has 27 heavy (non-hydrogen) atoms. The first-order valence-corrected chi connectivity index (χ1v) is 10.5. The van der Waals surface area contributed by atoms with Crippen molar-refractivity contribution in [1.29, 1.82) is 0 Å². The lowest BCUT2D eigenvalue weighted by Gasteiger charge is -2.19. The third-order valence-corrected chi connectivity index (χ3v) is 6.37. The number of aryl methyl sites for hydroxylation is 2. The van der Waals surface area contributed by atoms with Crippen molar-refractivity contribution < 1.29 is 4.79 Å². The smallest absolute Gasteiger partial charge is 0.260 e. The van der Waals surface area contributed by atoms with Gasteiger partial charge in [-0.2, -0.15) is 0 Å². The lowest BCUT2D eigenvalue weighted by molar-refractivity contribution is -0.113. The van der Waals surface area contributed by atoms with Crippen molar-refractivity contribution in [2.45, 2.75) is 45.2 Å². The number of thiophene rings is 1. The number of fused-ring (bicyclic) bond motifs is 1. The van der Waals surface area contributed by atoms with E-state index < -0.39 is 0 Å². The molecule has 0 radical (unpaired) electrons. The van der Waals surface area contributed by atoms with Crippen molar-refractivity contribution in [3.63, 3.8) is 0 Å². The van der Waals surface area contributed by atoms with Crippen LogP contribution < -0.4 is 10.9 Å². The maximum atomic E-state index is 12.3. The summed E-state index contributed by atoms with van der Waals surface area (Å²) in [6, 6.07) is 7.87. The Morgan fingerprint density at radius 2 is 1.89 bits per heavy atom. The molecule has 0 fully saturated rings. The molecule has 142 valence electrons. The lowest BCUT2D eigenvalue weighted by Crippen LogP contribution is -2.16. The quantitative estimate of drug-likeness (QED) is 0.494. The first-order valence-electron chi connectivity index (χ1n) is 8.68. The van der Waals surface area contributed by atoms with E-state index in [1.165, 1.54) is 28.7 Å². The molecule has 2 heterocycles. The molecule has 3 rings (SSSR count). The van der Waals surface area contributed by atoms with Crippen molar-refractivity contribution in [3.8, 4) is 0 Å². The fourth-order valence-electron chi connectivity index (χ4n) is 2.69. The van der Waals surface area contributed by atoms with Crippen LogP contribution in [0, 0.1) is 13.8 Å². The SMILES string of the molecule is Cc1sc2nc(SCC(=O)Nc3ccc(C(C)(C)C)cc3)[nH]c(=O)c2c1C. The molecule has 5 nitrogen and oxygen atoms in total. The molecule has 2 N–H and O–H groups in total. The molecule has 0 bridgehead atoms. The molecule has 0 aliphatic rings. The van der Waals surface area contributed by atoms with Gasteiger partial charge >= 0.3 is 0 Å². The third kappa shape index (κ3) is 4.42. The number of anilines is 1. The zero-order chi connectivity index (χ0) is 19.8. The summed E-state index contributed by atoms with van der Waals surface area (Å²) >= 11 is 2.73. The number of H-pyrrole nitrogens is 1. The molecule has 0 spiro atoms. The minimum atomic E-state index is -0.150. The van der Waals surface area contributed by atoms with E-state index >= 15 is 0 Å². The molecule has 7 heteroatoms. The summed E-state index contributed by atoms with van der Waals surface area (Å²) in [4.78, 5) is 33.6. The van der Waals surface area contributed by atoms with E-state index in [0.29, 0.717) is 10.5 Å². The topological polar surface area (TPSA) is 74.8 Å². The number of nitrogens with one attached hydrogen (secondary N) is 2. The molecule has 3 aromatic rings. The number of hydrogen-bond acceptors (Lipinski definition) is 5. The van der Waals surface area contributed by atoms with Gasteiger partial charge in [-0.05, 0) is 42.5 Å². The van der Waals surface area contributed by atoms with Crippen molar-refractivity contribution in [2.75, 3.05) is 11.1 Å². The van der Waals surface area contributed by atoms with E-state index in [-0.39, 0.29) is 22.6 Å². The Bertz CT molecular complexity index is 1040. The van der Waals surface area contributed by atoms with Crippen LogP contribution in [0.2, 0.25) is 0 Å². The Kier molecular flexibility index (Phi) is 5.44. The van der Waals surface area contributed by atoms with Crippen LogP contribution in [0.15, 0.2) is 34.2 Å². The summed E-state index contributed by atoms with van der Waals surface area (Å²) in [5.74, 6) is 0.0449. The Hall–Kier alpha value is -2.12. The summed E-state index contributed by atoms with van der Waals surface area (Å²) < 4.78 is 0. The molecule has 0 aliphatic heterocycles. The lowest BCUT2D eigenvalue weighted by atomic mass is 9.87. The normalized spacial score (nSPS) is 11.7. The zero-order valence-corrected chi connectivity index (χ0v) is 17.7. The molecule has 2 aromatic heterocycles. The third-order valence-electron chi connectivity index (χ3n) is 4.39. The van der Waals surface area contributed by atoms with Crippen molar-refractivity contribution in [3.05, 3.63) is 50.6 Å². The average Bonchev–Trinajstić information content (AvgIpc) is 2.87. The first kappa shape index (κ1) is 19.6. The number of amides is 1. The van der Waals surface area contributed by atoms with Crippen LogP contribution in [0.1, 0.15) is 36.8 Å². The van der Waals surface area contributed by atoms with Gasteiger partial charge in [0.2, 0.25) is 5.91 Å². The van der Waals surface area contributed by atoms with Gasteiger partial charge in [-0.1, -0.05) is 44.7 Å². The summed E-state index contributed by atoms with van der Waals surface area (Å²) in [7, 11) is 0. The number of nitrogens with zero attached hydrogens (tertiary/aromatic N) is 1. The minimum Gasteiger partial charge on any atom is -0.325 e. The highest BCUT2D eigenvalue weighted by molar-refractivity contribution is 7.99. The first-order chi connectivity index (χ1) is 12.6. The number of aromatic nitrogens is 2. The van der Waals surface area contributed by atoms with Gasteiger partial charge in [0.15, 0.2) is 5.16 Å². The molecule has 0 unspecified atom stereocenters. The molecule has 1 aromatic carbocycles. The summed E-state index contributed by atoms with van der Waals surface area (Å²) in [6.07, 6.45) is 0. The second-order valence-electron chi connectivity index (χ2n) is 7.50. The monoisotopic (exact) mass is 401 g/mol. The van der Waals surface area contributed by atoms with Gasteiger partial charge in [0.05, 0.1) is 11.1 Å². The van der Waals surface area contributed by atoms with Crippen molar-refractivity contribution in [1.82, 2.24) is 9.97 Å². The highest BCUT2D eigenvalue weighted by atomic mass is 32.2. The van der Waals surface area contributed by atoms with Gasteiger partial charge < -0.3 is 10.3 Å². The van der Waals surface area contributed by atoms with Crippen LogP contribution in [0.25, 0.3) is 10.2 Å². The summed E-state index contributed by atoms with van der Waals surface area (Å²) in [5.41, 5.74) is 2.87. The maximum Gasteiger partial charge on any atom is 0.260 e. The van der Waals surface area contributed by atoms with Crippen LogP contribution in [-0.4, -0.2) is 21.6 Å². The fourth-order valence-corrected chi connectivity index (χ4v) is 4.44.